The highest BCUT2D eigenvalue weighted by molar-refractivity contribution is 9.10. The zero-order valence-electron chi connectivity index (χ0n) is 20.2. The molecule has 6 rings (SSSR count). The first kappa shape index (κ1) is 24.4. The Morgan fingerprint density at radius 1 is 0.923 bits per heavy atom. The van der Waals surface area contributed by atoms with Crippen molar-refractivity contribution < 1.29 is 9.18 Å². The lowest BCUT2D eigenvalue weighted by Crippen LogP contribution is -2.15. The number of anilines is 2. The lowest BCUT2D eigenvalue weighted by molar-refractivity contribution is 0.102. The lowest BCUT2D eigenvalue weighted by atomic mass is 10.1. The number of pyridine rings is 3. The van der Waals surface area contributed by atoms with Crippen LogP contribution in [0.1, 0.15) is 10.5 Å². The summed E-state index contributed by atoms with van der Waals surface area (Å²) >= 11 is 3.21. The van der Waals surface area contributed by atoms with Crippen molar-refractivity contribution in [2.75, 3.05) is 11.1 Å². The second-order valence-electron chi connectivity index (χ2n) is 8.59. The molecule has 0 radical (unpaired) electrons. The van der Waals surface area contributed by atoms with Crippen LogP contribution in [0.15, 0.2) is 102 Å². The molecule has 1 amide bonds. The van der Waals surface area contributed by atoms with Crippen LogP contribution in [-0.2, 0) is 0 Å². The molecule has 2 aromatic carbocycles. The smallest absolute Gasteiger partial charge is 0.274 e. The summed E-state index contributed by atoms with van der Waals surface area (Å²) in [4.78, 5) is 31.1. The molecule has 8 nitrogen and oxygen atoms in total. The Morgan fingerprint density at radius 2 is 1.77 bits per heavy atom. The Bertz CT molecular complexity index is 1840. The summed E-state index contributed by atoms with van der Waals surface area (Å²) in [6, 6.07) is 24.9. The van der Waals surface area contributed by atoms with Crippen LogP contribution in [0, 0.1) is 5.82 Å². The second-order valence-corrected chi connectivity index (χ2v) is 9.51. The quantitative estimate of drug-likeness (QED) is 0.248. The highest BCUT2D eigenvalue weighted by Gasteiger charge is 2.20. The molecule has 0 saturated carbocycles. The van der Waals surface area contributed by atoms with Gasteiger partial charge in [-0.25, -0.2) is 24.3 Å². The number of carbonyl (C=O) groups excluding carboxylic acids is 1. The minimum Gasteiger partial charge on any atom is -0.383 e. The van der Waals surface area contributed by atoms with Crippen LogP contribution in [0.2, 0.25) is 0 Å². The van der Waals surface area contributed by atoms with E-state index in [1.54, 1.807) is 36.7 Å². The van der Waals surface area contributed by atoms with E-state index in [1.165, 1.54) is 12.1 Å². The molecule has 4 aromatic heterocycles. The highest BCUT2D eigenvalue weighted by atomic mass is 79.9. The number of hydrogen-bond acceptors (Lipinski definition) is 6. The van der Waals surface area contributed by atoms with E-state index in [0.717, 1.165) is 11.3 Å². The number of nitrogen functional groups attached to an aromatic ring is 1. The Morgan fingerprint density at radius 3 is 2.51 bits per heavy atom. The van der Waals surface area contributed by atoms with Gasteiger partial charge in [-0.1, -0.05) is 46.3 Å². The third kappa shape index (κ3) is 4.73. The number of halogens is 2. The molecule has 6 aromatic rings. The summed E-state index contributed by atoms with van der Waals surface area (Å²) < 4.78 is 16.6. The molecule has 0 atom stereocenters. The van der Waals surface area contributed by atoms with Crippen LogP contribution in [0.25, 0.3) is 39.5 Å². The maximum absolute atomic E-state index is 14.2. The summed E-state index contributed by atoms with van der Waals surface area (Å²) in [6.07, 6.45) is 3.15. The minimum atomic E-state index is -0.557. The lowest BCUT2D eigenvalue weighted by Gasteiger charge is -2.11. The maximum Gasteiger partial charge on any atom is 0.274 e. The monoisotopic (exact) mass is 579 g/mol. The van der Waals surface area contributed by atoms with Crippen molar-refractivity contribution in [3.8, 4) is 28.3 Å². The van der Waals surface area contributed by atoms with E-state index in [-0.39, 0.29) is 11.4 Å². The van der Waals surface area contributed by atoms with Crippen LogP contribution < -0.4 is 11.1 Å². The number of benzene rings is 2. The van der Waals surface area contributed by atoms with Gasteiger partial charge in [0.2, 0.25) is 0 Å². The van der Waals surface area contributed by atoms with Crippen molar-refractivity contribution in [3.63, 3.8) is 0 Å². The molecule has 0 spiro atoms. The molecule has 0 aliphatic heterocycles. The van der Waals surface area contributed by atoms with Crippen molar-refractivity contribution in [1.29, 1.82) is 0 Å². The van der Waals surface area contributed by atoms with Crippen LogP contribution in [0.3, 0.4) is 0 Å². The van der Waals surface area contributed by atoms with Gasteiger partial charge in [-0.15, -0.1) is 0 Å². The zero-order valence-corrected chi connectivity index (χ0v) is 21.8. The predicted octanol–water partition coefficient (Wildman–Crippen LogP) is 6.28. The van der Waals surface area contributed by atoms with Crippen LogP contribution >= 0.6 is 15.9 Å². The molecule has 0 aliphatic rings. The number of nitrogens with zero attached hydrogens (tertiary/aromatic N) is 5. The fourth-order valence-electron chi connectivity index (χ4n) is 4.19. The van der Waals surface area contributed by atoms with Crippen LogP contribution in [-0.4, -0.2) is 30.4 Å². The summed E-state index contributed by atoms with van der Waals surface area (Å²) in [5.74, 6) is -0.250. The molecule has 10 heteroatoms. The SMILES string of the molecule is Nc1ncccc1-c1nc2ccc(-c3ccccc3)nc2n1-c1ccc(C(=O)Nc2ccc(Br)cc2F)nc1. The van der Waals surface area contributed by atoms with E-state index >= 15 is 0 Å². The van der Waals surface area contributed by atoms with E-state index in [0.29, 0.717) is 38.5 Å². The van der Waals surface area contributed by atoms with Crippen molar-refractivity contribution >= 4 is 44.5 Å². The first-order chi connectivity index (χ1) is 19.0. The number of nitrogens with two attached hydrogens (primary N) is 1. The molecular formula is C29H19BrFN7O. The van der Waals surface area contributed by atoms with Gasteiger partial charge in [-0.2, -0.15) is 0 Å². The van der Waals surface area contributed by atoms with Gasteiger partial charge in [0, 0.05) is 16.2 Å². The summed E-state index contributed by atoms with van der Waals surface area (Å²) in [5, 5.41) is 2.55. The van der Waals surface area contributed by atoms with Crippen molar-refractivity contribution in [2.45, 2.75) is 0 Å². The van der Waals surface area contributed by atoms with E-state index < -0.39 is 11.7 Å². The average Bonchev–Trinajstić information content (AvgIpc) is 3.34. The number of hydrogen-bond donors (Lipinski definition) is 2. The number of carbonyl (C=O) groups is 1. The summed E-state index contributed by atoms with van der Waals surface area (Å²) in [5.41, 5.74) is 10.6. The normalized spacial score (nSPS) is 11.0. The van der Waals surface area contributed by atoms with E-state index in [9.17, 15) is 9.18 Å². The molecule has 0 unspecified atom stereocenters. The van der Waals surface area contributed by atoms with Gasteiger partial charge in [0.05, 0.1) is 28.8 Å². The molecule has 39 heavy (non-hydrogen) atoms. The van der Waals surface area contributed by atoms with E-state index in [4.69, 9.17) is 15.7 Å². The number of nitrogens with one attached hydrogen (secondary N) is 1. The van der Waals surface area contributed by atoms with Gasteiger partial charge >= 0.3 is 0 Å². The second kappa shape index (κ2) is 10.1. The Balaban J connectivity index is 1.44. The first-order valence-electron chi connectivity index (χ1n) is 11.9. The molecule has 4 heterocycles. The number of fused-ring (bicyclic) bond motifs is 1. The number of aromatic nitrogens is 5. The topological polar surface area (TPSA) is 112 Å². The molecular weight excluding hydrogens is 561 g/mol. The molecule has 0 aliphatic carbocycles. The average molecular weight is 580 g/mol. The number of imidazole rings is 1. The van der Waals surface area contributed by atoms with E-state index in [1.807, 2.05) is 53.1 Å². The van der Waals surface area contributed by atoms with Gasteiger partial charge < -0.3 is 11.1 Å². The van der Waals surface area contributed by atoms with Gasteiger partial charge in [-0.05, 0) is 54.6 Å². The molecule has 190 valence electrons. The minimum absolute atomic E-state index is 0.0571. The van der Waals surface area contributed by atoms with Crippen molar-refractivity contribution in [2.24, 2.45) is 0 Å². The summed E-state index contributed by atoms with van der Waals surface area (Å²) in [7, 11) is 0. The predicted molar refractivity (Wildman–Crippen MR) is 152 cm³/mol. The maximum atomic E-state index is 14.2. The van der Waals surface area contributed by atoms with Crippen molar-refractivity contribution in [1.82, 2.24) is 24.5 Å². The molecule has 0 bridgehead atoms. The Labute approximate surface area is 230 Å². The third-order valence-electron chi connectivity index (χ3n) is 6.07. The van der Waals surface area contributed by atoms with Gasteiger partial charge in [0.15, 0.2) is 11.5 Å². The zero-order chi connectivity index (χ0) is 26.9. The number of amides is 1. The van der Waals surface area contributed by atoms with E-state index in [2.05, 4.69) is 31.2 Å². The van der Waals surface area contributed by atoms with Gasteiger partial charge in [-0.3, -0.25) is 9.36 Å². The van der Waals surface area contributed by atoms with Crippen LogP contribution in [0.5, 0.6) is 0 Å². The van der Waals surface area contributed by atoms with Gasteiger partial charge in [0.1, 0.15) is 22.8 Å². The Kier molecular flexibility index (Phi) is 6.29. The third-order valence-corrected chi connectivity index (χ3v) is 6.56. The standard InChI is InChI=1S/C29H19BrFN7O/c30-18-8-10-23(21(31)15-18)37-29(39)25-11-9-19(16-34-25)38-27(20-7-4-14-33-26(20)32)36-24-13-12-22(35-28(24)38)17-5-2-1-3-6-17/h1-16H,(H2,32,33)(H,37,39). The number of rotatable bonds is 5. The molecule has 0 saturated heterocycles. The van der Waals surface area contributed by atoms with Crippen molar-refractivity contribution in [3.05, 3.63) is 113 Å². The van der Waals surface area contributed by atoms with Gasteiger partial charge in [0.25, 0.3) is 5.91 Å². The molecule has 0 fully saturated rings. The molecule has 3 N–H and O–H groups in total. The first-order valence-corrected chi connectivity index (χ1v) is 12.7. The Hall–Kier alpha value is -4.96. The highest BCUT2D eigenvalue weighted by Crippen LogP contribution is 2.31. The summed E-state index contributed by atoms with van der Waals surface area (Å²) in [6.45, 7) is 0. The van der Waals surface area contributed by atoms with Crippen LogP contribution in [0.4, 0.5) is 15.9 Å². The largest absolute Gasteiger partial charge is 0.383 e. The fraction of sp³-hybridized carbons (Fsp3) is 0. The fourth-order valence-corrected chi connectivity index (χ4v) is 4.52.